The van der Waals surface area contributed by atoms with Gasteiger partial charge in [-0.05, 0) is 81.0 Å². The maximum atomic E-state index is 14.2. The van der Waals surface area contributed by atoms with Crippen molar-refractivity contribution in [2.45, 2.75) is 169 Å². The maximum absolute atomic E-state index is 14.2. The quantitative estimate of drug-likeness (QED) is 0.0577. The number of hydrogen-bond acceptors (Lipinski definition) is 14. The summed E-state index contributed by atoms with van der Waals surface area (Å²) >= 11 is 3.12. The molecule has 2 fully saturated rings. The van der Waals surface area contributed by atoms with Crippen LogP contribution in [0, 0.1) is 24.7 Å². The molecule has 2 saturated heterocycles. The number of nitrogens with one attached hydrogen (secondary N) is 4. The highest BCUT2D eigenvalue weighted by atomic mass is 32.1. The maximum Gasteiger partial charge on any atom is 0.246 e. The minimum atomic E-state index is -1.04. The number of amides is 6. The molecule has 0 radical (unpaired) electrons. The summed E-state index contributed by atoms with van der Waals surface area (Å²) in [6.07, 6.45) is -1.49. The van der Waals surface area contributed by atoms with Crippen LogP contribution in [0.4, 0.5) is 0 Å². The van der Waals surface area contributed by atoms with Crippen LogP contribution in [0.5, 0.6) is 0 Å². The Morgan fingerprint density at radius 3 is 1.41 bits per heavy atom. The van der Waals surface area contributed by atoms with Crippen LogP contribution in [-0.2, 0) is 51.3 Å². The van der Waals surface area contributed by atoms with Gasteiger partial charge in [-0.3, -0.25) is 28.8 Å². The van der Waals surface area contributed by atoms with Gasteiger partial charge in [0.15, 0.2) is 0 Å². The van der Waals surface area contributed by atoms with Crippen molar-refractivity contribution >= 4 is 58.1 Å². The number of nitrogens with zero attached hydrogens (tertiary/aromatic N) is 4. The summed E-state index contributed by atoms with van der Waals surface area (Å²) in [5.41, 5.74) is 5.91. The predicted octanol–water partition coefficient (Wildman–Crippen LogP) is 5.84. The molecule has 4 aromatic rings. The Kier molecular flexibility index (Phi) is 19.4. The van der Waals surface area contributed by atoms with Crippen molar-refractivity contribution < 1.29 is 48.5 Å². The van der Waals surface area contributed by atoms with Crippen LogP contribution in [0.25, 0.3) is 20.9 Å². The lowest BCUT2D eigenvalue weighted by atomic mass is 9.85. The van der Waals surface area contributed by atoms with Gasteiger partial charge in [0, 0.05) is 39.0 Å². The minimum absolute atomic E-state index is 0.0530. The molecular weight excluding hydrogens is 1010 g/mol. The third kappa shape index (κ3) is 16.0. The Morgan fingerprint density at radius 1 is 0.618 bits per heavy atom. The Balaban J connectivity index is 0.958. The molecule has 4 heterocycles. The van der Waals surface area contributed by atoms with Crippen LogP contribution in [0.2, 0.25) is 0 Å². The second-order valence-corrected chi connectivity index (χ2v) is 25.2. The predicted molar refractivity (Wildman–Crippen MR) is 293 cm³/mol. The lowest BCUT2D eigenvalue weighted by Crippen LogP contribution is -2.58. The van der Waals surface area contributed by atoms with E-state index in [-0.39, 0.29) is 58.7 Å². The second kappa shape index (κ2) is 24.8. The van der Waals surface area contributed by atoms with Gasteiger partial charge in [0.2, 0.25) is 35.4 Å². The number of carbonyl (C=O) groups is 6. The Labute approximate surface area is 455 Å². The van der Waals surface area contributed by atoms with Gasteiger partial charge in [-0.2, -0.15) is 0 Å². The monoisotopic (exact) mass is 1090 g/mol. The molecule has 0 spiro atoms. The standard InChI is InChI=1S/C56H78N8O10S2/c1-33-45(75-31-59-33)37-17-13-35(14-18-37)26-57-49(69)41-23-39(65)28-63(41)51(71)47(53(3,4)5)61-43(67)25-56(11,12)73-22-21-55(9,10)74-30-44(68)62-48(54(6,7)8)52(72)64-29-40(66)24-42(64)50(70)58-27-36-15-19-38(20-16-36)46-34(2)60-32-76-46/h13-20,31-32,39-42,47-48,65-66H,21-30H2,1-12H3,(H,57,69)(H,58,70)(H,61,67)(H,62,68)/t39-,40+,41+,42+,47?,48-/m1/s1. The number of rotatable bonds is 21. The van der Waals surface area contributed by atoms with Crippen molar-refractivity contribution in [3.8, 4) is 20.9 Å². The number of aliphatic hydroxyl groups excluding tert-OH is 2. The molecule has 6 N–H and O–H groups in total. The van der Waals surface area contributed by atoms with E-state index in [4.69, 9.17) is 9.47 Å². The van der Waals surface area contributed by atoms with Gasteiger partial charge < -0.3 is 50.8 Å². The molecule has 0 saturated carbocycles. The molecule has 414 valence electrons. The van der Waals surface area contributed by atoms with Crippen molar-refractivity contribution in [3.63, 3.8) is 0 Å². The first-order valence-electron chi connectivity index (χ1n) is 25.9. The minimum Gasteiger partial charge on any atom is -0.391 e. The first kappa shape index (κ1) is 59.6. The van der Waals surface area contributed by atoms with E-state index in [9.17, 15) is 39.0 Å². The van der Waals surface area contributed by atoms with Crippen molar-refractivity contribution in [2.24, 2.45) is 10.8 Å². The van der Waals surface area contributed by atoms with Crippen molar-refractivity contribution in [2.75, 3.05) is 26.3 Å². The number of aromatic nitrogens is 2. The molecule has 1 unspecified atom stereocenters. The fourth-order valence-corrected chi connectivity index (χ4v) is 10.9. The molecule has 20 heteroatoms. The van der Waals surface area contributed by atoms with Crippen LogP contribution < -0.4 is 21.3 Å². The van der Waals surface area contributed by atoms with Gasteiger partial charge in [-0.15, -0.1) is 22.7 Å². The number of carbonyl (C=O) groups excluding carboxylic acids is 6. The Bertz CT molecular complexity index is 2670. The average Bonchev–Trinajstić information content (AvgIpc) is 4.16. The second-order valence-electron chi connectivity index (χ2n) is 23.5. The van der Waals surface area contributed by atoms with E-state index in [0.717, 1.165) is 43.4 Å². The third-order valence-electron chi connectivity index (χ3n) is 13.8. The summed E-state index contributed by atoms with van der Waals surface area (Å²) in [6, 6.07) is 11.7. The van der Waals surface area contributed by atoms with Gasteiger partial charge in [0.1, 0.15) is 30.8 Å². The number of likely N-dealkylation sites (tertiary alicyclic amines) is 2. The lowest BCUT2D eigenvalue weighted by Gasteiger charge is -2.36. The van der Waals surface area contributed by atoms with Crippen LogP contribution in [-0.4, -0.2) is 139 Å². The zero-order valence-corrected chi connectivity index (χ0v) is 47.7. The van der Waals surface area contributed by atoms with Crippen LogP contribution >= 0.6 is 22.7 Å². The Hall–Kier alpha value is -5.64. The summed E-state index contributed by atoms with van der Waals surface area (Å²) < 4.78 is 12.3. The van der Waals surface area contributed by atoms with Crippen molar-refractivity contribution in [3.05, 3.63) is 82.1 Å². The molecule has 0 aliphatic carbocycles. The third-order valence-corrected chi connectivity index (χ3v) is 15.8. The van der Waals surface area contributed by atoms with Crippen molar-refractivity contribution in [1.29, 1.82) is 0 Å². The smallest absolute Gasteiger partial charge is 0.246 e. The number of benzene rings is 2. The number of hydrogen-bond donors (Lipinski definition) is 6. The zero-order chi connectivity index (χ0) is 55.9. The van der Waals surface area contributed by atoms with Gasteiger partial charge in [-0.1, -0.05) is 90.1 Å². The number of thiazole rings is 2. The largest absolute Gasteiger partial charge is 0.391 e. The molecule has 18 nitrogen and oxygen atoms in total. The van der Waals surface area contributed by atoms with Gasteiger partial charge in [0.25, 0.3) is 0 Å². The van der Waals surface area contributed by atoms with Crippen LogP contribution in [0.15, 0.2) is 59.6 Å². The summed E-state index contributed by atoms with van der Waals surface area (Å²) in [6.45, 7) is 22.0. The van der Waals surface area contributed by atoms with E-state index in [1.54, 1.807) is 61.4 Å². The lowest BCUT2D eigenvalue weighted by molar-refractivity contribution is -0.146. The van der Waals surface area contributed by atoms with Crippen LogP contribution in [0.3, 0.4) is 0 Å². The van der Waals surface area contributed by atoms with E-state index in [1.165, 1.54) is 9.80 Å². The summed E-state index contributed by atoms with van der Waals surface area (Å²) in [4.78, 5) is 96.3. The van der Waals surface area contributed by atoms with E-state index < -0.39 is 93.9 Å². The molecule has 6 amide bonds. The van der Waals surface area contributed by atoms with E-state index >= 15 is 0 Å². The zero-order valence-electron chi connectivity index (χ0n) is 46.1. The highest BCUT2D eigenvalue weighted by molar-refractivity contribution is 7.13. The molecule has 76 heavy (non-hydrogen) atoms. The molecule has 6 atom stereocenters. The fourth-order valence-electron chi connectivity index (χ4n) is 9.32. The number of ether oxygens (including phenoxy) is 2. The number of aliphatic hydroxyl groups is 2. The highest BCUT2D eigenvalue weighted by Crippen LogP contribution is 2.31. The fraction of sp³-hybridized carbons (Fsp3) is 0.571. The normalized spacial score (nSPS) is 19.0. The molecule has 2 aliphatic heterocycles. The summed E-state index contributed by atoms with van der Waals surface area (Å²) in [5, 5.41) is 32.9. The molecule has 0 bridgehead atoms. The van der Waals surface area contributed by atoms with Gasteiger partial charge >= 0.3 is 0 Å². The van der Waals surface area contributed by atoms with Gasteiger partial charge in [-0.25, -0.2) is 9.97 Å². The SMILES string of the molecule is Cc1ncsc1-c1ccc(CNC(=O)[C@@H]2C[C@@H](O)CN2C(=O)C(NC(=O)CC(C)(C)OCCC(C)(C)OCC(=O)N[C@H](C(=O)N2C[C@@H](O)C[C@H]2C(=O)NCc2ccc(-c3scnc3C)cc2)C(C)(C)C)C(C)(C)C)cc1. The Morgan fingerprint density at radius 2 is 1.03 bits per heavy atom. The highest BCUT2D eigenvalue weighted by Gasteiger charge is 2.46. The molecule has 6 rings (SSSR count). The first-order valence-corrected chi connectivity index (χ1v) is 27.7. The summed E-state index contributed by atoms with van der Waals surface area (Å²) in [5.74, 6) is -2.74. The van der Waals surface area contributed by atoms with E-state index in [0.29, 0.717) is 6.42 Å². The van der Waals surface area contributed by atoms with E-state index in [1.807, 2.05) is 104 Å². The summed E-state index contributed by atoms with van der Waals surface area (Å²) in [7, 11) is 0. The topological polar surface area (TPSA) is 242 Å². The number of aryl methyl sites for hydroxylation is 2. The van der Waals surface area contributed by atoms with E-state index in [2.05, 4.69) is 31.2 Å². The van der Waals surface area contributed by atoms with Crippen molar-refractivity contribution in [1.82, 2.24) is 41.0 Å². The average molecular weight is 1090 g/mol. The van der Waals surface area contributed by atoms with Gasteiger partial charge in [0.05, 0.1) is 68.6 Å². The molecular formula is C56H78N8O10S2. The first-order chi connectivity index (χ1) is 35.5. The molecule has 2 aromatic carbocycles. The van der Waals surface area contributed by atoms with Crippen LogP contribution in [0.1, 0.15) is 117 Å². The number of β-amino-alcohol motifs (C(OH)–C–C–N with tert-alkyl or cyclic N) is 2. The molecule has 2 aliphatic rings. The molecule has 2 aromatic heterocycles.